The van der Waals surface area contributed by atoms with E-state index < -0.39 is 0 Å². The van der Waals surface area contributed by atoms with Crippen LogP contribution >= 0.6 is 23.5 Å². The van der Waals surface area contributed by atoms with Crippen LogP contribution in [0.1, 0.15) is 33.6 Å². The lowest BCUT2D eigenvalue weighted by atomic mass is 10.2. The van der Waals surface area contributed by atoms with Crippen LogP contribution in [-0.2, 0) is 0 Å². The largest absolute Gasteiger partial charge is 0.312 e. The van der Waals surface area contributed by atoms with Crippen molar-refractivity contribution in [1.29, 1.82) is 0 Å². The van der Waals surface area contributed by atoms with Crippen LogP contribution in [0.3, 0.4) is 0 Å². The molecule has 0 bridgehead atoms. The highest BCUT2D eigenvalue weighted by molar-refractivity contribution is 8.00. The van der Waals surface area contributed by atoms with E-state index in [0.717, 1.165) is 6.04 Å². The number of hydrogen-bond acceptors (Lipinski definition) is 3. The van der Waals surface area contributed by atoms with E-state index in [2.05, 4.69) is 49.6 Å². The fourth-order valence-corrected chi connectivity index (χ4v) is 3.46. The Morgan fingerprint density at radius 3 is 2.79 bits per heavy atom. The smallest absolute Gasteiger partial charge is 0.0158 e. The molecule has 3 heteroatoms. The molecule has 1 unspecified atom stereocenters. The van der Waals surface area contributed by atoms with Crippen LogP contribution in [0.25, 0.3) is 0 Å². The van der Waals surface area contributed by atoms with Crippen molar-refractivity contribution < 1.29 is 0 Å². The molecule has 0 aromatic rings. The topological polar surface area (TPSA) is 12.0 Å². The lowest BCUT2D eigenvalue weighted by molar-refractivity contribution is 0.525. The predicted octanol–water partition coefficient (Wildman–Crippen LogP) is 3.00. The Morgan fingerprint density at radius 2 is 2.21 bits per heavy atom. The van der Waals surface area contributed by atoms with Gasteiger partial charge in [-0.25, -0.2) is 0 Å². The van der Waals surface area contributed by atoms with Crippen molar-refractivity contribution in [3.63, 3.8) is 0 Å². The summed E-state index contributed by atoms with van der Waals surface area (Å²) in [5.41, 5.74) is 0. The highest BCUT2D eigenvalue weighted by atomic mass is 32.2. The zero-order chi connectivity index (χ0) is 10.4. The summed E-state index contributed by atoms with van der Waals surface area (Å²) in [6.07, 6.45) is 2.78. The molecule has 1 atom stereocenters. The summed E-state index contributed by atoms with van der Waals surface area (Å²) in [4.78, 5) is 0. The third kappa shape index (κ3) is 6.20. The molecule has 0 aromatic heterocycles. The summed E-state index contributed by atoms with van der Waals surface area (Å²) >= 11 is 4.15. The molecule has 1 aliphatic rings. The Labute approximate surface area is 97.2 Å². The molecule has 0 saturated carbocycles. The van der Waals surface area contributed by atoms with Crippen LogP contribution in [0.2, 0.25) is 0 Å². The van der Waals surface area contributed by atoms with Gasteiger partial charge in [0, 0.05) is 28.8 Å². The summed E-state index contributed by atoms with van der Waals surface area (Å²) in [6.45, 7) is 8.03. The molecular weight excluding hydrogens is 210 g/mol. The van der Waals surface area contributed by atoms with Gasteiger partial charge in [0.25, 0.3) is 0 Å². The average molecular weight is 233 g/mol. The lowest BCUT2D eigenvalue weighted by Gasteiger charge is -2.23. The Balaban J connectivity index is 1.97. The maximum atomic E-state index is 3.65. The summed E-state index contributed by atoms with van der Waals surface area (Å²) < 4.78 is 0.420. The highest BCUT2D eigenvalue weighted by Crippen LogP contribution is 2.22. The quantitative estimate of drug-likeness (QED) is 0.750. The Hall–Kier alpha value is 0.660. The van der Waals surface area contributed by atoms with E-state index in [1.165, 1.54) is 36.6 Å². The summed E-state index contributed by atoms with van der Waals surface area (Å²) in [6, 6.07) is 0.786. The molecule has 1 rings (SSSR count). The van der Waals surface area contributed by atoms with E-state index in [9.17, 15) is 0 Å². The standard InChI is InChI=1S/C11H23NS2/c1-11(2,3)14-8-6-12-10-5-4-7-13-9-10/h10,12H,4-9H2,1-3H3. The van der Waals surface area contributed by atoms with E-state index in [0.29, 0.717) is 4.75 Å². The molecule has 1 fully saturated rings. The second-order valence-corrected chi connectivity index (χ2v) is 7.90. The number of hydrogen-bond donors (Lipinski definition) is 1. The van der Waals surface area contributed by atoms with Crippen molar-refractivity contribution in [2.45, 2.75) is 44.4 Å². The van der Waals surface area contributed by atoms with Crippen LogP contribution in [-0.4, -0.2) is 34.6 Å². The molecule has 0 aromatic carbocycles. The number of thioether (sulfide) groups is 2. The first kappa shape index (κ1) is 12.7. The van der Waals surface area contributed by atoms with Crippen molar-refractivity contribution in [1.82, 2.24) is 5.32 Å². The fraction of sp³-hybridized carbons (Fsp3) is 1.00. The Bertz CT molecular complexity index is 148. The van der Waals surface area contributed by atoms with Crippen LogP contribution in [0.4, 0.5) is 0 Å². The van der Waals surface area contributed by atoms with Crippen molar-refractivity contribution in [2.75, 3.05) is 23.8 Å². The summed E-state index contributed by atoms with van der Waals surface area (Å²) in [5.74, 6) is 3.93. The monoisotopic (exact) mass is 233 g/mol. The molecule has 1 aliphatic heterocycles. The predicted molar refractivity (Wildman–Crippen MR) is 70.6 cm³/mol. The molecule has 0 aliphatic carbocycles. The van der Waals surface area contributed by atoms with Gasteiger partial charge in [0.05, 0.1) is 0 Å². The van der Waals surface area contributed by atoms with Crippen LogP contribution in [0.5, 0.6) is 0 Å². The van der Waals surface area contributed by atoms with E-state index >= 15 is 0 Å². The summed E-state index contributed by atoms with van der Waals surface area (Å²) in [7, 11) is 0. The van der Waals surface area contributed by atoms with E-state index in [1.807, 2.05) is 0 Å². The Kier molecular flexibility index (Phi) is 5.72. The van der Waals surface area contributed by atoms with Gasteiger partial charge in [-0.2, -0.15) is 23.5 Å². The average Bonchev–Trinajstić information content (AvgIpc) is 2.13. The van der Waals surface area contributed by atoms with E-state index in [4.69, 9.17) is 0 Å². The third-order valence-corrected chi connectivity index (χ3v) is 4.72. The minimum Gasteiger partial charge on any atom is -0.312 e. The summed E-state index contributed by atoms with van der Waals surface area (Å²) in [5, 5.41) is 3.65. The van der Waals surface area contributed by atoms with Crippen molar-refractivity contribution in [3.8, 4) is 0 Å². The molecule has 0 radical (unpaired) electrons. The van der Waals surface area contributed by atoms with Gasteiger partial charge in [-0.05, 0) is 18.6 Å². The van der Waals surface area contributed by atoms with Gasteiger partial charge >= 0.3 is 0 Å². The molecule has 1 saturated heterocycles. The van der Waals surface area contributed by atoms with Gasteiger partial charge in [0.2, 0.25) is 0 Å². The van der Waals surface area contributed by atoms with Gasteiger partial charge in [0.15, 0.2) is 0 Å². The minimum atomic E-state index is 0.420. The second-order valence-electron chi connectivity index (χ2n) is 4.83. The van der Waals surface area contributed by atoms with Crippen molar-refractivity contribution in [2.24, 2.45) is 0 Å². The van der Waals surface area contributed by atoms with Crippen molar-refractivity contribution in [3.05, 3.63) is 0 Å². The Morgan fingerprint density at radius 1 is 1.43 bits per heavy atom. The van der Waals surface area contributed by atoms with Gasteiger partial charge in [-0.1, -0.05) is 20.8 Å². The molecule has 1 nitrogen and oxygen atoms in total. The molecule has 0 amide bonds. The maximum absolute atomic E-state index is 3.65. The molecule has 0 spiro atoms. The van der Waals surface area contributed by atoms with Crippen LogP contribution in [0.15, 0.2) is 0 Å². The van der Waals surface area contributed by atoms with E-state index in [1.54, 1.807) is 0 Å². The van der Waals surface area contributed by atoms with Gasteiger partial charge < -0.3 is 5.32 Å². The van der Waals surface area contributed by atoms with Gasteiger partial charge in [-0.15, -0.1) is 0 Å². The second kappa shape index (κ2) is 6.29. The zero-order valence-electron chi connectivity index (χ0n) is 9.64. The van der Waals surface area contributed by atoms with Crippen LogP contribution in [0, 0.1) is 0 Å². The van der Waals surface area contributed by atoms with Gasteiger partial charge in [0.1, 0.15) is 0 Å². The first-order chi connectivity index (χ1) is 6.58. The fourth-order valence-electron chi connectivity index (χ4n) is 1.52. The molecular formula is C11H23NS2. The highest BCUT2D eigenvalue weighted by Gasteiger charge is 2.13. The molecule has 14 heavy (non-hydrogen) atoms. The van der Waals surface area contributed by atoms with E-state index in [-0.39, 0.29) is 0 Å². The number of rotatable bonds is 4. The SMILES string of the molecule is CC(C)(C)SCCNC1CCCSC1. The third-order valence-electron chi connectivity index (χ3n) is 2.23. The zero-order valence-corrected chi connectivity index (χ0v) is 11.3. The molecule has 84 valence electrons. The minimum absolute atomic E-state index is 0.420. The molecule has 1 N–H and O–H groups in total. The normalized spacial score (nSPS) is 23.8. The number of nitrogens with one attached hydrogen (secondary N) is 1. The van der Waals surface area contributed by atoms with Gasteiger partial charge in [-0.3, -0.25) is 0 Å². The first-order valence-corrected chi connectivity index (χ1v) is 7.67. The first-order valence-electron chi connectivity index (χ1n) is 5.53. The lowest BCUT2D eigenvalue weighted by Crippen LogP contribution is -2.35. The van der Waals surface area contributed by atoms with Crippen molar-refractivity contribution >= 4 is 23.5 Å². The van der Waals surface area contributed by atoms with Crippen LogP contribution < -0.4 is 5.32 Å². The maximum Gasteiger partial charge on any atom is 0.0158 e. The molecule has 1 heterocycles.